The molecule has 0 spiro atoms. The summed E-state index contributed by atoms with van der Waals surface area (Å²) in [5, 5.41) is 16.1. The second-order valence-corrected chi connectivity index (χ2v) is 4.60. The average molecular weight is 281 g/mol. The second kappa shape index (κ2) is 5.16. The van der Waals surface area contributed by atoms with Crippen molar-refractivity contribution >= 4 is 23.5 Å². The van der Waals surface area contributed by atoms with Crippen LogP contribution in [-0.4, -0.2) is 17.0 Å². The Bertz CT molecular complexity index is 738. The van der Waals surface area contributed by atoms with E-state index in [2.05, 4.69) is 5.10 Å². The van der Waals surface area contributed by atoms with Crippen LogP contribution in [0.15, 0.2) is 53.6 Å². The van der Waals surface area contributed by atoms with Crippen LogP contribution in [-0.2, 0) is 11.2 Å². The average Bonchev–Trinajstić information content (AvgIpc) is 2.81. The molecule has 0 fully saturated rings. The molecule has 1 amide bonds. The van der Waals surface area contributed by atoms with Crippen LogP contribution in [0.1, 0.15) is 11.1 Å². The second-order valence-electron chi connectivity index (χ2n) is 4.60. The SMILES string of the molecule is O=C1Cc2ccccc2N1/N=C/c1ccc([N+](=O)[O-])cc1. The number of fused-ring (bicyclic) bond motifs is 1. The molecule has 104 valence electrons. The third-order valence-corrected chi connectivity index (χ3v) is 3.22. The van der Waals surface area contributed by atoms with Crippen molar-refractivity contribution in [1.82, 2.24) is 0 Å². The van der Waals surface area contributed by atoms with Gasteiger partial charge in [0.15, 0.2) is 0 Å². The molecule has 0 saturated carbocycles. The highest BCUT2D eigenvalue weighted by Crippen LogP contribution is 2.28. The van der Waals surface area contributed by atoms with Crippen LogP contribution >= 0.6 is 0 Å². The molecule has 0 atom stereocenters. The molecule has 0 aliphatic carbocycles. The van der Waals surface area contributed by atoms with Gasteiger partial charge in [-0.3, -0.25) is 14.9 Å². The molecule has 0 unspecified atom stereocenters. The Morgan fingerprint density at radius 3 is 2.57 bits per heavy atom. The lowest BCUT2D eigenvalue weighted by atomic mass is 10.2. The molecule has 0 radical (unpaired) electrons. The monoisotopic (exact) mass is 281 g/mol. The fraction of sp³-hybridized carbons (Fsp3) is 0.0667. The number of nitrogens with zero attached hydrogens (tertiary/aromatic N) is 3. The maximum atomic E-state index is 11.9. The van der Waals surface area contributed by atoms with Gasteiger partial charge in [0.1, 0.15) is 0 Å². The van der Waals surface area contributed by atoms with E-state index < -0.39 is 4.92 Å². The molecule has 0 saturated heterocycles. The Kier molecular flexibility index (Phi) is 3.19. The van der Waals surface area contributed by atoms with E-state index in [4.69, 9.17) is 0 Å². The molecule has 0 N–H and O–H groups in total. The summed E-state index contributed by atoms with van der Waals surface area (Å²) in [6.45, 7) is 0. The number of non-ortho nitro benzene ring substituents is 1. The minimum absolute atomic E-state index is 0.0229. The van der Waals surface area contributed by atoms with E-state index in [1.54, 1.807) is 12.1 Å². The highest BCUT2D eigenvalue weighted by molar-refractivity contribution is 6.02. The number of carbonyl (C=O) groups is 1. The summed E-state index contributed by atoms with van der Waals surface area (Å²) in [7, 11) is 0. The Labute approximate surface area is 120 Å². The van der Waals surface area contributed by atoms with Crippen molar-refractivity contribution in [2.24, 2.45) is 5.10 Å². The van der Waals surface area contributed by atoms with E-state index in [0.29, 0.717) is 12.0 Å². The number of para-hydroxylation sites is 1. The fourth-order valence-corrected chi connectivity index (χ4v) is 2.17. The molecule has 1 heterocycles. The number of hydrogen-bond acceptors (Lipinski definition) is 4. The minimum atomic E-state index is -0.457. The number of carbonyl (C=O) groups excluding carboxylic acids is 1. The first-order chi connectivity index (χ1) is 10.1. The summed E-state index contributed by atoms with van der Waals surface area (Å²) < 4.78 is 0. The lowest BCUT2D eigenvalue weighted by Gasteiger charge is -2.09. The number of amides is 1. The van der Waals surface area contributed by atoms with Gasteiger partial charge in [0.25, 0.3) is 11.6 Å². The molecule has 1 aliphatic rings. The third kappa shape index (κ3) is 2.51. The predicted octanol–water partition coefficient (Wildman–Crippen LogP) is 2.52. The van der Waals surface area contributed by atoms with E-state index in [9.17, 15) is 14.9 Å². The smallest absolute Gasteiger partial charge is 0.269 e. The Morgan fingerprint density at radius 1 is 1.14 bits per heavy atom. The van der Waals surface area contributed by atoms with Crippen LogP contribution in [0, 0.1) is 10.1 Å². The van der Waals surface area contributed by atoms with Gasteiger partial charge < -0.3 is 0 Å². The fourth-order valence-electron chi connectivity index (χ4n) is 2.17. The van der Waals surface area contributed by atoms with E-state index in [1.165, 1.54) is 23.4 Å². The standard InChI is InChI=1S/C15H11N3O3/c19-15-9-12-3-1-2-4-14(12)17(15)16-10-11-5-7-13(8-6-11)18(20)21/h1-8,10H,9H2/b16-10+. The van der Waals surface area contributed by atoms with Gasteiger partial charge in [-0.15, -0.1) is 0 Å². The molecule has 6 nitrogen and oxygen atoms in total. The van der Waals surface area contributed by atoms with Crippen molar-refractivity contribution in [2.45, 2.75) is 6.42 Å². The molecule has 6 heteroatoms. The Hall–Kier alpha value is -3.02. The van der Waals surface area contributed by atoms with Crippen LogP contribution in [0.3, 0.4) is 0 Å². The quantitative estimate of drug-likeness (QED) is 0.493. The van der Waals surface area contributed by atoms with Gasteiger partial charge in [0.05, 0.1) is 23.2 Å². The molecule has 2 aromatic carbocycles. The van der Waals surface area contributed by atoms with Crippen LogP contribution < -0.4 is 5.01 Å². The molecule has 21 heavy (non-hydrogen) atoms. The minimum Gasteiger partial charge on any atom is -0.272 e. The van der Waals surface area contributed by atoms with Gasteiger partial charge >= 0.3 is 0 Å². The molecule has 3 rings (SSSR count). The molecule has 1 aliphatic heterocycles. The lowest BCUT2D eigenvalue weighted by Crippen LogP contribution is -2.20. The third-order valence-electron chi connectivity index (χ3n) is 3.22. The molecule has 0 bridgehead atoms. The number of hydrogen-bond donors (Lipinski definition) is 0. The zero-order chi connectivity index (χ0) is 14.8. The van der Waals surface area contributed by atoms with Crippen molar-refractivity contribution in [2.75, 3.05) is 5.01 Å². The number of benzene rings is 2. The maximum Gasteiger partial charge on any atom is 0.269 e. The van der Waals surface area contributed by atoms with Gasteiger partial charge in [0.2, 0.25) is 0 Å². The Balaban J connectivity index is 1.83. The summed E-state index contributed by atoms with van der Waals surface area (Å²) in [5.41, 5.74) is 2.44. The number of nitro benzene ring substituents is 1. The summed E-state index contributed by atoms with van der Waals surface area (Å²) in [6.07, 6.45) is 1.86. The van der Waals surface area contributed by atoms with Crippen molar-refractivity contribution in [3.8, 4) is 0 Å². The summed E-state index contributed by atoms with van der Waals surface area (Å²) in [4.78, 5) is 22.0. The maximum absolute atomic E-state index is 11.9. The summed E-state index contributed by atoms with van der Waals surface area (Å²) in [5.74, 6) is -0.0886. The van der Waals surface area contributed by atoms with E-state index >= 15 is 0 Å². The Morgan fingerprint density at radius 2 is 1.86 bits per heavy atom. The summed E-state index contributed by atoms with van der Waals surface area (Å²) in [6, 6.07) is 13.5. The van der Waals surface area contributed by atoms with Gasteiger partial charge in [-0.05, 0) is 29.3 Å². The zero-order valence-electron chi connectivity index (χ0n) is 11.0. The summed E-state index contributed by atoms with van der Waals surface area (Å²) >= 11 is 0. The number of rotatable bonds is 3. The van der Waals surface area contributed by atoms with E-state index in [0.717, 1.165) is 11.3 Å². The molecule has 0 aromatic heterocycles. The first-order valence-electron chi connectivity index (χ1n) is 6.34. The van der Waals surface area contributed by atoms with Gasteiger partial charge in [-0.25, -0.2) is 5.01 Å². The van der Waals surface area contributed by atoms with Crippen molar-refractivity contribution in [3.05, 3.63) is 69.8 Å². The number of anilines is 1. The van der Waals surface area contributed by atoms with Gasteiger partial charge in [0, 0.05) is 12.1 Å². The van der Waals surface area contributed by atoms with Crippen molar-refractivity contribution < 1.29 is 9.72 Å². The highest BCUT2D eigenvalue weighted by Gasteiger charge is 2.26. The van der Waals surface area contributed by atoms with Crippen LogP contribution in [0.4, 0.5) is 11.4 Å². The van der Waals surface area contributed by atoms with Crippen LogP contribution in [0.5, 0.6) is 0 Å². The van der Waals surface area contributed by atoms with E-state index in [-0.39, 0.29) is 11.6 Å². The first kappa shape index (κ1) is 13.0. The van der Waals surface area contributed by atoms with Gasteiger partial charge in [-0.2, -0.15) is 5.10 Å². The van der Waals surface area contributed by atoms with Crippen LogP contribution in [0.2, 0.25) is 0 Å². The number of nitro groups is 1. The van der Waals surface area contributed by atoms with Crippen LogP contribution in [0.25, 0.3) is 0 Å². The topological polar surface area (TPSA) is 75.8 Å². The largest absolute Gasteiger partial charge is 0.272 e. The molecular formula is C15H11N3O3. The van der Waals surface area contributed by atoms with Gasteiger partial charge in [-0.1, -0.05) is 18.2 Å². The van der Waals surface area contributed by atoms with Crippen molar-refractivity contribution in [3.63, 3.8) is 0 Å². The zero-order valence-corrected chi connectivity index (χ0v) is 11.0. The predicted molar refractivity (Wildman–Crippen MR) is 78.3 cm³/mol. The number of hydrazone groups is 1. The highest BCUT2D eigenvalue weighted by atomic mass is 16.6. The van der Waals surface area contributed by atoms with E-state index in [1.807, 2.05) is 24.3 Å². The lowest BCUT2D eigenvalue weighted by molar-refractivity contribution is -0.384. The normalized spacial score (nSPS) is 13.7. The molecular weight excluding hydrogens is 270 g/mol. The first-order valence-corrected chi connectivity index (χ1v) is 6.34. The molecule has 2 aromatic rings. The van der Waals surface area contributed by atoms with Crippen molar-refractivity contribution in [1.29, 1.82) is 0 Å².